The van der Waals surface area contributed by atoms with E-state index >= 15 is 0 Å². The molecule has 0 bridgehead atoms. The molecule has 0 fully saturated rings. The van der Waals surface area contributed by atoms with E-state index in [1.807, 2.05) is 6.92 Å². The summed E-state index contributed by atoms with van der Waals surface area (Å²) >= 11 is 0. The predicted octanol–water partition coefficient (Wildman–Crippen LogP) is 1.91. The van der Waals surface area contributed by atoms with Crippen LogP contribution >= 0.6 is 0 Å². The quantitative estimate of drug-likeness (QED) is 0.827. The molecule has 0 atom stereocenters. The minimum atomic E-state index is -0.899. The van der Waals surface area contributed by atoms with E-state index in [1.54, 1.807) is 18.0 Å². The normalized spacial score (nSPS) is 10.1. The molecule has 0 heterocycles. The van der Waals surface area contributed by atoms with E-state index in [-0.39, 0.29) is 12.4 Å². The molecule has 0 unspecified atom stereocenters. The van der Waals surface area contributed by atoms with E-state index in [4.69, 9.17) is 5.11 Å². The van der Waals surface area contributed by atoms with Gasteiger partial charge in [0.15, 0.2) is 0 Å². The zero-order chi connectivity index (χ0) is 11.4. The molecule has 3 nitrogen and oxygen atoms in total. The van der Waals surface area contributed by atoms with Crippen molar-refractivity contribution in [2.24, 2.45) is 0 Å². The number of halogens is 1. The average molecular weight is 211 g/mol. The number of nitrogens with zero attached hydrogens (tertiary/aromatic N) is 1. The Kier molecular flexibility index (Phi) is 3.66. The number of benzene rings is 1. The first-order valence-corrected chi connectivity index (χ1v) is 4.76. The highest BCUT2D eigenvalue weighted by molar-refractivity contribution is 5.74. The molecule has 0 saturated carbocycles. The van der Waals surface area contributed by atoms with Gasteiger partial charge in [0, 0.05) is 12.7 Å². The molecule has 15 heavy (non-hydrogen) atoms. The average Bonchev–Trinajstić information content (AvgIpc) is 2.16. The van der Waals surface area contributed by atoms with Crippen LogP contribution in [0.2, 0.25) is 0 Å². The van der Waals surface area contributed by atoms with Crippen LogP contribution in [-0.2, 0) is 11.2 Å². The molecule has 0 aliphatic heterocycles. The maximum absolute atomic E-state index is 12.9. The number of carboxylic acid groups (broad SMARTS) is 1. The lowest BCUT2D eigenvalue weighted by Gasteiger charge is -2.20. The first kappa shape index (κ1) is 11.5. The molecular formula is C11H14FNO2. The maximum atomic E-state index is 12.9. The van der Waals surface area contributed by atoms with E-state index in [1.165, 1.54) is 12.1 Å². The Balaban J connectivity index is 2.97. The number of aryl methyl sites for hydroxylation is 1. The van der Waals surface area contributed by atoms with E-state index in [2.05, 4.69) is 0 Å². The molecule has 0 amide bonds. The van der Waals surface area contributed by atoms with Gasteiger partial charge in [-0.2, -0.15) is 0 Å². The summed E-state index contributed by atoms with van der Waals surface area (Å²) in [6.45, 7) is 1.82. The summed E-state index contributed by atoms with van der Waals surface area (Å²) in [6, 6.07) is 4.39. The standard InChI is InChI=1S/C11H14FNO2/c1-3-8-6-9(12)4-5-10(8)13(2)7-11(14)15/h4-6H,3,7H2,1-2H3,(H,14,15). The fourth-order valence-corrected chi connectivity index (χ4v) is 1.50. The first-order valence-electron chi connectivity index (χ1n) is 4.76. The van der Waals surface area contributed by atoms with Gasteiger partial charge in [0.1, 0.15) is 12.4 Å². The van der Waals surface area contributed by atoms with Gasteiger partial charge in [-0.1, -0.05) is 6.92 Å². The summed E-state index contributed by atoms with van der Waals surface area (Å²) < 4.78 is 12.9. The molecule has 1 rings (SSSR count). The maximum Gasteiger partial charge on any atom is 0.323 e. The van der Waals surface area contributed by atoms with Crippen LogP contribution in [0.4, 0.5) is 10.1 Å². The third-order valence-electron chi connectivity index (χ3n) is 2.21. The van der Waals surface area contributed by atoms with Gasteiger partial charge in [0.25, 0.3) is 0 Å². The van der Waals surface area contributed by atoms with Gasteiger partial charge in [0.05, 0.1) is 0 Å². The van der Waals surface area contributed by atoms with Gasteiger partial charge in [-0.3, -0.25) is 4.79 Å². The van der Waals surface area contributed by atoms with Gasteiger partial charge in [-0.15, -0.1) is 0 Å². The van der Waals surface area contributed by atoms with Crippen LogP contribution in [0.15, 0.2) is 18.2 Å². The Labute approximate surface area is 88.1 Å². The van der Waals surface area contributed by atoms with Crippen molar-refractivity contribution >= 4 is 11.7 Å². The van der Waals surface area contributed by atoms with Gasteiger partial charge in [0.2, 0.25) is 0 Å². The summed E-state index contributed by atoms with van der Waals surface area (Å²) in [6.07, 6.45) is 0.678. The van der Waals surface area contributed by atoms with Gasteiger partial charge in [-0.25, -0.2) is 4.39 Å². The fourth-order valence-electron chi connectivity index (χ4n) is 1.50. The number of hydrogen-bond donors (Lipinski definition) is 1. The van der Waals surface area contributed by atoms with Crippen LogP contribution in [0, 0.1) is 5.82 Å². The number of carboxylic acids is 1. The number of anilines is 1. The van der Waals surface area contributed by atoms with Crippen LogP contribution in [-0.4, -0.2) is 24.7 Å². The number of hydrogen-bond acceptors (Lipinski definition) is 2. The van der Waals surface area contributed by atoms with Crippen LogP contribution in [0.3, 0.4) is 0 Å². The molecule has 1 N–H and O–H groups in total. The lowest BCUT2D eigenvalue weighted by Crippen LogP contribution is -2.26. The highest BCUT2D eigenvalue weighted by Crippen LogP contribution is 2.20. The Hall–Kier alpha value is -1.58. The number of carbonyl (C=O) groups is 1. The molecular weight excluding hydrogens is 197 g/mol. The second kappa shape index (κ2) is 4.77. The second-order valence-corrected chi connectivity index (χ2v) is 3.38. The molecule has 82 valence electrons. The van der Waals surface area contributed by atoms with Gasteiger partial charge < -0.3 is 10.0 Å². The van der Waals surface area contributed by atoms with Crippen LogP contribution in [0.1, 0.15) is 12.5 Å². The van der Waals surface area contributed by atoms with Crippen molar-refractivity contribution in [2.45, 2.75) is 13.3 Å². The van der Waals surface area contributed by atoms with E-state index in [0.29, 0.717) is 6.42 Å². The topological polar surface area (TPSA) is 40.5 Å². The smallest absolute Gasteiger partial charge is 0.323 e. The number of aliphatic carboxylic acids is 1. The minimum Gasteiger partial charge on any atom is -0.480 e. The van der Waals surface area contributed by atoms with Crippen molar-refractivity contribution in [2.75, 3.05) is 18.5 Å². The molecule has 0 spiro atoms. The van der Waals surface area contributed by atoms with Crippen LogP contribution in [0.5, 0.6) is 0 Å². The highest BCUT2D eigenvalue weighted by atomic mass is 19.1. The highest BCUT2D eigenvalue weighted by Gasteiger charge is 2.09. The van der Waals surface area contributed by atoms with Crippen molar-refractivity contribution in [1.29, 1.82) is 0 Å². The fraction of sp³-hybridized carbons (Fsp3) is 0.364. The minimum absolute atomic E-state index is 0.0847. The molecule has 1 aromatic rings. The summed E-state index contributed by atoms with van der Waals surface area (Å²) in [5.74, 6) is -1.19. The van der Waals surface area contributed by atoms with Gasteiger partial charge in [-0.05, 0) is 30.2 Å². The largest absolute Gasteiger partial charge is 0.480 e. The van der Waals surface area contributed by atoms with Crippen molar-refractivity contribution in [3.63, 3.8) is 0 Å². The first-order chi connectivity index (χ1) is 7.04. The van der Waals surface area contributed by atoms with E-state index in [0.717, 1.165) is 11.3 Å². The lowest BCUT2D eigenvalue weighted by atomic mass is 10.1. The van der Waals surface area contributed by atoms with Crippen molar-refractivity contribution in [1.82, 2.24) is 0 Å². The third-order valence-corrected chi connectivity index (χ3v) is 2.21. The second-order valence-electron chi connectivity index (χ2n) is 3.38. The zero-order valence-corrected chi connectivity index (χ0v) is 8.83. The molecule has 4 heteroatoms. The summed E-state index contributed by atoms with van der Waals surface area (Å²) in [4.78, 5) is 12.1. The molecule has 1 aromatic carbocycles. The van der Waals surface area contributed by atoms with E-state index in [9.17, 15) is 9.18 Å². The van der Waals surface area contributed by atoms with Crippen molar-refractivity contribution in [3.05, 3.63) is 29.6 Å². The Morgan fingerprint density at radius 2 is 2.20 bits per heavy atom. The monoisotopic (exact) mass is 211 g/mol. The van der Waals surface area contributed by atoms with Crippen LogP contribution < -0.4 is 4.90 Å². The summed E-state index contributed by atoms with van der Waals surface area (Å²) in [5.41, 5.74) is 1.58. The molecule has 0 aromatic heterocycles. The summed E-state index contributed by atoms with van der Waals surface area (Å²) in [5, 5.41) is 8.65. The third kappa shape index (κ3) is 2.94. The molecule has 0 radical (unpaired) electrons. The Morgan fingerprint density at radius 1 is 1.53 bits per heavy atom. The number of rotatable bonds is 4. The molecule has 0 aliphatic carbocycles. The molecule has 0 saturated heterocycles. The van der Waals surface area contributed by atoms with Crippen molar-refractivity contribution < 1.29 is 14.3 Å². The SMILES string of the molecule is CCc1cc(F)ccc1N(C)CC(=O)O. The lowest BCUT2D eigenvalue weighted by molar-refractivity contribution is -0.135. The number of likely N-dealkylation sites (N-methyl/N-ethyl adjacent to an activating group) is 1. The van der Waals surface area contributed by atoms with Crippen molar-refractivity contribution in [3.8, 4) is 0 Å². The van der Waals surface area contributed by atoms with Gasteiger partial charge >= 0.3 is 5.97 Å². The Bertz CT molecular complexity index is 366. The Morgan fingerprint density at radius 3 is 2.73 bits per heavy atom. The van der Waals surface area contributed by atoms with Crippen LogP contribution in [0.25, 0.3) is 0 Å². The summed E-state index contributed by atoms with van der Waals surface area (Å²) in [7, 11) is 1.68. The zero-order valence-electron chi connectivity index (χ0n) is 8.83. The predicted molar refractivity (Wildman–Crippen MR) is 56.7 cm³/mol. The van der Waals surface area contributed by atoms with E-state index < -0.39 is 5.97 Å². The molecule has 0 aliphatic rings.